The van der Waals surface area contributed by atoms with Gasteiger partial charge in [0.2, 0.25) is 0 Å². The summed E-state index contributed by atoms with van der Waals surface area (Å²) >= 11 is 3.63. The third-order valence-corrected chi connectivity index (χ3v) is 7.18. The Kier molecular flexibility index (Phi) is 5.07. The highest BCUT2D eigenvalue weighted by Crippen LogP contribution is 2.40. The van der Waals surface area contributed by atoms with Gasteiger partial charge in [0, 0.05) is 29.9 Å². The lowest BCUT2D eigenvalue weighted by Crippen LogP contribution is -2.49. The lowest BCUT2D eigenvalue weighted by Gasteiger charge is -2.39. The number of halogens is 1. The molecular weight excluding hydrogens is 416 g/mol. The zero-order chi connectivity index (χ0) is 20.1. The standard InChI is InChI=1S/C23H29BrN2O2/c1-5-23(2,3)26-10-7-6-8-16-12-19-17-14-18(24)20(28-4)13-15(17)9-11-25(19)21(16)22(26)27/h12-14H,5-11H2,1-4H3. The largest absolute Gasteiger partial charge is 0.496 e. The number of hydrogen-bond acceptors (Lipinski definition) is 2. The van der Waals surface area contributed by atoms with Crippen LogP contribution in [0.4, 0.5) is 0 Å². The fourth-order valence-corrected chi connectivity index (χ4v) is 5.02. The normalized spacial score (nSPS) is 16.8. The number of nitrogens with zero attached hydrogens (tertiary/aromatic N) is 2. The zero-order valence-electron chi connectivity index (χ0n) is 17.3. The maximum Gasteiger partial charge on any atom is 0.271 e. The molecule has 0 bridgehead atoms. The van der Waals surface area contributed by atoms with Gasteiger partial charge in [-0.1, -0.05) is 6.92 Å². The van der Waals surface area contributed by atoms with Crippen molar-refractivity contribution in [2.45, 2.75) is 65.0 Å². The molecule has 0 spiro atoms. The lowest BCUT2D eigenvalue weighted by molar-refractivity contribution is 0.0514. The molecule has 0 atom stereocenters. The first-order chi connectivity index (χ1) is 13.4. The maximum atomic E-state index is 13.7. The van der Waals surface area contributed by atoms with Gasteiger partial charge >= 0.3 is 0 Å². The number of rotatable bonds is 3. The van der Waals surface area contributed by atoms with Crippen molar-refractivity contribution in [1.82, 2.24) is 9.47 Å². The van der Waals surface area contributed by atoms with Crippen molar-refractivity contribution in [1.29, 1.82) is 0 Å². The van der Waals surface area contributed by atoms with Crippen LogP contribution < -0.4 is 4.74 Å². The Bertz CT molecular complexity index is 929. The van der Waals surface area contributed by atoms with E-state index < -0.39 is 0 Å². The van der Waals surface area contributed by atoms with Crippen LogP contribution in [0.5, 0.6) is 5.75 Å². The molecule has 4 nitrogen and oxygen atoms in total. The Balaban J connectivity index is 1.85. The van der Waals surface area contributed by atoms with E-state index in [1.54, 1.807) is 7.11 Å². The molecule has 2 aliphatic heterocycles. The number of carbonyl (C=O) groups excluding carboxylic acids is 1. The first-order valence-corrected chi connectivity index (χ1v) is 11.1. The molecule has 0 unspecified atom stereocenters. The molecule has 0 radical (unpaired) electrons. The van der Waals surface area contributed by atoms with E-state index in [2.05, 4.69) is 64.4 Å². The Morgan fingerprint density at radius 2 is 1.89 bits per heavy atom. The highest BCUT2D eigenvalue weighted by Gasteiger charge is 2.35. The van der Waals surface area contributed by atoms with E-state index >= 15 is 0 Å². The summed E-state index contributed by atoms with van der Waals surface area (Å²) in [5.41, 5.74) is 5.65. The van der Waals surface area contributed by atoms with E-state index in [4.69, 9.17) is 4.74 Å². The van der Waals surface area contributed by atoms with E-state index in [1.165, 1.54) is 22.4 Å². The first kappa shape index (κ1) is 19.6. The summed E-state index contributed by atoms with van der Waals surface area (Å²) in [7, 11) is 1.70. The molecule has 5 heteroatoms. The molecule has 3 heterocycles. The number of fused-ring (bicyclic) bond motifs is 5. The number of benzene rings is 1. The minimum atomic E-state index is -0.126. The molecule has 28 heavy (non-hydrogen) atoms. The summed E-state index contributed by atoms with van der Waals surface area (Å²) in [6.45, 7) is 8.23. The topological polar surface area (TPSA) is 34.5 Å². The summed E-state index contributed by atoms with van der Waals surface area (Å²) in [5.74, 6) is 1.06. The number of carbonyl (C=O) groups is 1. The van der Waals surface area contributed by atoms with Gasteiger partial charge in [0.05, 0.1) is 11.6 Å². The molecule has 0 fully saturated rings. The quantitative estimate of drug-likeness (QED) is 0.630. The van der Waals surface area contributed by atoms with Gasteiger partial charge in [-0.15, -0.1) is 0 Å². The van der Waals surface area contributed by atoms with Gasteiger partial charge in [-0.3, -0.25) is 4.79 Å². The molecule has 2 aromatic rings. The fraction of sp³-hybridized carbons (Fsp3) is 0.522. The Morgan fingerprint density at radius 3 is 2.61 bits per heavy atom. The van der Waals surface area contributed by atoms with Crippen molar-refractivity contribution in [3.8, 4) is 17.0 Å². The van der Waals surface area contributed by atoms with Crippen molar-refractivity contribution in [2.75, 3.05) is 13.7 Å². The fourth-order valence-electron chi connectivity index (χ4n) is 4.52. The number of methoxy groups -OCH3 is 1. The van der Waals surface area contributed by atoms with Crippen molar-refractivity contribution in [2.24, 2.45) is 0 Å². The Labute approximate surface area is 176 Å². The highest BCUT2D eigenvalue weighted by atomic mass is 79.9. The predicted octanol–water partition coefficient (Wildman–Crippen LogP) is 5.45. The molecule has 0 saturated heterocycles. The molecule has 1 amide bonds. The van der Waals surface area contributed by atoms with Crippen LogP contribution >= 0.6 is 15.9 Å². The van der Waals surface area contributed by atoms with Crippen LogP contribution in [-0.2, 0) is 19.4 Å². The predicted molar refractivity (Wildman–Crippen MR) is 116 cm³/mol. The molecule has 1 aromatic carbocycles. The van der Waals surface area contributed by atoms with Crippen LogP contribution in [0, 0.1) is 0 Å². The van der Waals surface area contributed by atoms with E-state index in [-0.39, 0.29) is 11.4 Å². The van der Waals surface area contributed by atoms with Gasteiger partial charge in [-0.05, 0) is 91.2 Å². The molecule has 0 saturated carbocycles. The van der Waals surface area contributed by atoms with Crippen LogP contribution in [0.3, 0.4) is 0 Å². The smallest absolute Gasteiger partial charge is 0.271 e. The van der Waals surface area contributed by atoms with Gasteiger partial charge in [0.15, 0.2) is 0 Å². The molecule has 0 aliphatic carbocycles. The Morgan fingerprint density at radius 1 is 1.11 bits per heavy atom. The molecule has 1 aromatic heterocycles. The number of amides is 1. The highest BCUT2D eigenvalue weighted by molar-refractivity contribution is 9.10. The molecule has 0 N–H and O–H groups in total. The summed E-state index contributed by atoms with van der Waals surface area (Å²) in [4.78, 5) is 15.8. The monoisotopic (exact) mass is 444 g/mol. The van der Waals surface area contributed by atoms with Crippen LogP contribution in [-0.4, -0.2) is 34.6 Å². The van der Waals surface area contributed by atoms with E-state index in [1.807, 2.05) is 0 Å². The second-order valence-corrected chi connectivity index (χ2v) is 9.38. The van der Waals surface area contributed by atoms with E-state index in [9.17, 15) is 4.79 Å². The summed E-state index contributed by atoms with van der Waals surface area (Å²) in [6, 6.07) is 6.53. The van der Waals surface area contributed by atoms with Gasteiger partial charge < -0.3 is 14.2 Å². The lowest BCUT2D eigenvalue weighted by atomic mass is 9.95. The minimum Gasteiger partial charge on any atom is -0.496 e. The summed E-state index contributed by atoms with van der Waals surface area (Å²) < 4.78 is 8.70. The van der Waals surface area contributed by atoms with Crippen molar-refractivity contribution in [3.63, 3.8) is 0 Å². The molecular formula is C23H29BrN2O2. The summed E-state index contributed by atoms with van der Waals surface area (Å²) in [6.07, 6.45) is 5.04. The average molecular weight is 445 g/mol. The van der Waals surface area contributed by atoms with Gasteiger partial charge in [0.25, 0.3) is 5.91 Å². The second-order valence-electron chi connectivity index (χ2n) is 8.53. The number of hydrogen-bond donors (Lipinski definition) is 0. The van der Waals surface area contributed by atoms with Gasteiger partial charge in [-0.25, -0.2) is 0 Å². The van der Waals surface area contributed by atoms with Gasteiger partial charge in [-0.2, -0.15) is 0 Å². The average Bonchev–Trinajstić information content (AvgIpc) is 3.03. The number of aryl methyl sites for hydroxylation is 2. The molecule has 150 valence electrons. The molecule has 2 aliphatic rings. The van der Waals surface area contributed by atoms with Crippen molar-refractivity contribution < 1.29 is 9.53 Å². The minimum absolute atomic E-state index is 0.126. The number of ether oxygens (including phenoxy) is 1. The molecule has 4 rings (SSSR count). The second kappa shape index (κ2) is 7.25. The summed E-state index contributed by atoms with van der Waals surface area (Å²) in [5, 5.41) is 0. The number of aromatic nitrogens is 1. The SMILES string of the molecule is CCC(C)(C)N1CCCCc2cc3n(c2C1=O)CCc1cc(OC)c(Br)cc1-3. The third kappa shape index (κ3) is 3.08. The first-order valence-electron chi connectivity index (χ1n) is 10.3. The van der Waals surface area contributed by atoms with Crippen LogP contribution in [0.2, 0.25) is 0 Å². The van der Waals surface area contributed by atoms with E-state index in [0.29, 0.717) is 0 Å². The Hall–Kier alpha value is -1.75. The van der Waals surface area contributed by atoms with Crippen LogP contribution in [0.15, 0.2) is 22.7 Å². The van der Waals surface area contributed by atoms with Crippen molar-refractivity contribution >= 4 is 21.8 Å². The van der Waals surface area contributed by atoms with Gasteiger partial charge in [0.1, 0.15) is 11.4 Å². The maximum absolute atomic E-state index is 13.7. The van der Waals surface area contributed by atoms with Crippen molar-refractivity contribution in [3.05, 3.63) is 39.5 Å². The van der Waals surface area contributed by atoms with E-state index in [0.717, 1.165) is 61.1 Å². The van der Waals surface area contributed by atoms with Crippen LogP contribution in [0.1, 0.15) is 61.6 Å². The van der Waals surface area contributed by atoms with Crippen LogP contribution in [0.25, 0.3) is 11.3 Å². The third-order valence-electron chi connectivity index (χ3n) is 6.56. The zero-order valence-corrected chi connectivity index (χ0v) is 18.9.